The van der Waals surface area contributed by atoms with Gasteiger partial charge in [0.2, 0.25) is 6.29 Å². The second kappa shape index (κ2) is 4.24. The quantitative estimate of drug-likeness (QED) is 0.423. The first kappa shape index (κ1) is 9.39. The van der Waals surface area contributed by atoms with Crippen molar-refractivity contribution in [3.63, 3.8) is 0 Å². The van der Waals surface area contributed by atoms with Gasteiger partial charge < -0.3 is 14.9 Å². The second-order valence-corrected chi connectivity index (χ2v) is 1.98. The van der Waals surface area contributed by atoms with Crippen LogP contribution in [0.3, 0.4) is 0 Å². The van der Waals surface area contributed by atoms with Gasteiger partial charge in [0.05, 0.1) is 0 Å². The number of esters is 1. The lowest BCUT2D eigenvalue weighted by Gasteiger charge is -2.14. The first-order chi connectivity index (χ1) is 4.57. The average molecular weight is 148 g/mol. The fourth-order valence-electron chi connectivity index (χ4n) is 0.450. The molecular weight excluding hydrogens is 136 g/mol. The van der Waals surface area contributed by atoms with Crippen LogP contribution in [0.25, 0.3) is 0 Å². The first-order valence-electron chi connectivity index (χ1n) is 3.11. The van der Waals surface area contributed by atoms with Gasteiger partial charge in [0, 0.05) is 6.92 Å². The Hall–Kier alpha value is -0.610. The van der Waals surface area contributed by atoms with E-state index in [4.69, 9.17) is 10.2 Å². The zero-order valence-electron chi connectivity index (χ0n) is 6.07. The van der Waals surface area contributed by atoms with Crippen molar-refractivity contribution < 1.29 is 19.7 Å². The molecule has 0 radical (unpaired) electrons. The highest BCUT2D eigenvalue weighted by Gasteiger charge is 2.15. The Morgan fingerprint density at radius 2 is 2.10 bits per heavy atom. The SMILES string of the molecule is CCC(O)C(O)OC(C)=O. The van der Waals surface area contributed by atoms with Crippen LogP contribution in [0.2, 0.25) is 0 Å². The number of aliphatic hydroxyl groups is 2. The Morgan fingerprint density at radius 3 is 2.40 bits per heavy atom. The minimum atomic E-state index is -1.39. The molecule has 0 aliphatic heterocycles. The van der Waals surface area contributed by atoms with Gasteiger partial charge in [0.1, 0.15) is 6.10 Å². The predicted octanol–water partition coefficient (Wildman–Crippen LogP) is -0.361. The van der Waals surface area contributed by atoms with Gasteiger partial charge in [-0.1, -0.05) is 6.92 Å². The highest BCUT2D eigenvalue weighted by Crippen LogP contribution is 1.99. The standard InChI is InChI=1S/C6H12O4/c1-3-5(8)6(9)10-4(2)7/h5-6,8-9H,3H2,1-2H3. The summed E-state index contributed by atoms with van der Waals surface area (Å²) in [7, 11) is 0. The van der Waals surface area contributed by atoms with E-state index in [1.807, 2.05) is 0 Å². The summed E-state index contributed by atoms with van der Waals surface area (Å²) in [4.78, 5) is 10.2. The van der Waals surface area contributed by atoms with Gasteiger partial charge >= 0.3 is 5.97 Å². The van der Waals surface area contributed by atoms with Crippen LogP contribution in [0.1, 0.15) is 20.3 Å². The molecule has 0 aliphatic rings. The van der Waals surface area contributed by atoms with Crippen LogP contribution in [-0.2, 0) is 9.53 Å². The van der Waals surface area contributed by atoms with Crippen LogP contribution in [0.5, 0.6) is 0 Å². The largest absolute Gasteiger partial charge is 0.433 e. The molecule has 60 valence electrons. The Bertz CT molecular complexity index is 112. The molecule has 0 aliphatic carbocycles. The maximum Gasteiger partial charge on any atom is 0.305 e. The molecule has 4 heteroatoms. The predicted molar refractivity (Wildman–Crippen MR) is 34.1 cm³/mol. The van der Waals surface area contributed by atoms with Gasteiger partial charge in [0.15, 0.2) is 0 Å². The highest BCUT2D eigenvalue weighted by molar-refractivity contribution is 5.66. The molecule has 0 spiro atoms. The van der Waals surface area contributed by atoms with E-state index in [0.29, 0.717) is 6.42 Å². The summed E-state index contributed by atoms with van der Waals surface area (Å²) >= 11 is 0. The Kier molecular flexibility index (Phi) is 3.99. The second-order valence-electron chi connectivity index (χ2n) is 1.98. The van der Waals surface area contributed by atoms with Crippen LogP contribution in [-0.4, -0.2) is 28.6 Å². The number of carbonyl (C=O) groups excluding carboxylic acids is 1. The zero-order chi connectivity index (χ0) is 8.15. The summed E-state index contributed by atoms with van der Waals surface area (Å²) in [5.74, 6) is -0.597. The fourth-order valence-corrected chi connectivity index (χ4v) is 0.450. The summed E-state index contributed by atoms with van der Waals surface area (Å²) < 4.78 is 4.27. The van der Waals surface area contributed by atoms with Crippen LogP contribution >= 0.6 is 0 Å². The monoisotopic (exact) mass is 148 g/mol. The van der Waals surface area contributed by atoms with Gasteiger partial charge in [-0.15, -0.1) is 0 Å². The van der Waals surface area contributed by atoms with E-state index >= 15 is 0 Å². The summed E-state index contributed by atoms with van der Waals surface area (Å²) in [6.45, 7) is 2.85. The van der Waals surface area contributed by atoms with Crippen molar-refractivity contribution >= 4 is 5.97 Å². The molecule has 0 aromatic carbocycles. The minimum absolute atomic E-state index is 0.356. The Labute approximate surface area is 59.4 Å². The Balaban J connectivity index is 3.61. The summed E-state index contributed by atoms with van der Waals surface area (Å²) in [5.41, 5.74) is 0. The fraction of sp³-hybridized carbons (Fsp3) is 0.833. The maximum atomic E-state index is 10.2. The van der Waals surface area contributed by atoms with E-state index in [1.54, 1.807) is 6.92 Å². The third-order valence-electron chi connectivity index (χ3n) is 1.03. The van der Waals surface area contributed by atoms with E-state index in [0.717, 1.165) is 0 Å². The van der Waals surface area contributed by atoms with Gasteiger partial charge in [-0.3, -0.25) is 4.79 Å². The molecule has 0 aromatic rings. The van der Waals surface area contributed by atoms with Crippen LogP contribution in [0.4, 0.5) is 0 Å². The first-order valence-corrected chi connectivity index (χ1v) is 3.11. The molecule has 2 N–H and O–H groups in total. The van der Waals surface area contributed by atoms with Crippen molar-refractivity contribution in [1.29, 1.82) is 0 Å². The lowest BCUT2D eigenvalue weighted by molar-refractivity contribution is -0.184. The summed E-state index contributed by atoms with van der Waals surface area (Å²) in [6.07, 6.45) is -2.01. The molecular formula is C6H12O4. The van der Waals surface area contributed by atoms with E-state index in [-0.39, 0.29) is 0 Å². The van der Waals surface area contributed by atoms with Gasteiger partial charge in [-0.05, 0) is 6.42 Å². The van der Waals surface area contributed by atoms with Crippen LogP contribution < -0.4 is 0 Å². The van der Waals surface area contributed by atoms with E-state index in [9.17, 15) is 4.79 Å². The van der Waals surface area contributed by atoms with Crippen molar-refractivity contribution in [2.24, 2.45) is 0 Å². The lowest BCUT2D eigenvalue weighted by atomic mass is 10.3. The number of aliphatic hydroxyl groups excluding tert-OH is 2. The topological polar surface area (TPSA) is 66.8 Å². The molecule has 4 nitrogen and oxygen atoms in total. The van der Waals surface area contributed by atoms with Gasteiger partial charge in [-0.25, -0.2) is 0 Å². The van der Waals surface area contributed by atoms with Crippen molar-refractivity contribution in [2.75, 3.05) is 0 Å². The molecule has 10 heavy (non-hydrogen) atoms. The van der Waals surface area contributed by atoms with Crippen molar-refractivity contribution in [3.8, 4) is 0 Å². The molecule has 0 saturated heterocycles. The number of carbonyl (C=O) groups is 1. The van der Waals surface area contributed by atoms with Crippen LogP contribution in [0, 0.1) is 0 Å². The third-order valence-corrected chi connectivity index (χ3v) is 1.03. The lowest BCUT2D eigenvalue weighted by Crippen LogP contribution is -2.29. The average Bonchev–Trinajstić information content (AvgIpc) is 1.85. The zero-order valence-corrected chi connectivity index (χ0v) is 6.07. The molecule has 0 amide bonds. The van der Waals surface area contributed by atoms with Crippen molar-refractivity contribution in [2.45, 2.75) is 32.7 Å². The van der Waals surface area contributed by atoms with Gasteiger partial charge in [0.25, 0.3) is 0 Å². The molecule has 0 heterocycles. The molecule has 0 fully saturated rings. The minimum Gasteiger partial charge on any atom is -0.433 e. The summed E-state index contributed by atoms with van der Waals surface area (Å²) in [5, 5.41) is 17.6. The maximum absolute atomic E-state index is 10.2. The number of ether oxygens (including phenoxy) is 1. The molecule has 0 saturated carbocycles. The number of rotatable bonds is 3. The Morgan fingerprint density at radius 1 is 1.60 bits per heavy atom. The highest BCUT2D eigenvalue weighted by atomic mass is 16.6. The number of hydrogen-bond donors (Lipinski definition) is 2. The smallest absolute Gasteiger partial charge is 0.305 e. The number of hydrogen-bond acceptors (Lipinski definition) is 4. The molecule has 0 aromatic heterocycles. The normalized spacial score (nSPS) is 16.0. The molecule has 0 bridgehead atoms. The van der Waals surface area contributed by atoms with E-state index in [2.05, 4.69) is 4.74 Å². The molecule has 2 atom stereocenters. The van der Waals surface area contributed by atoms with Gasteiger partial charge in [-0.2, -0.15) is 0 Å². The third kappa shape index (κ3) is 3.42. The molecule has 2 unspecified atom stereocenters. The van der Waals surface area contributed by atoms with E-state index < -0.39 is 18.4 Å². The summed E-state index contributed by atoms with van der Waals surface area (Å²) in [6, 6.07) is 0. The van der Waals surface area contributed by atoms with E-state index in [1.165, 1.54) is 6.92 Å². The van der Waals surface area contributed by atoms with Crippen molar-refractivity contribution in [3.05, 3.63) is 0 Å². The van der Waals surface area contributed by atoms with Crippen LogP contribution in [0.15, 0.2) is 0 Å². The van der Waals surface area contributed by atoms with Crippen molar-refractivity contribution in [1.82, 2.24) is 0 Å². The molecule has 0 rings (SSSR count).